The largest absolute Gasteiger partial charge is 0.504 e. The number of aromatic nitrogens is 1. The van der Waals surface area contributed by atoms with Gasteiger partial charge in [0.2, 0.25) is 0 Å². The van der Waals surface area contributed by atoms with E-state index >= 15 is 0 Å². The summed E-state index contributed by atoms with van der Waals surface area (Å²) in [5.41, 5.74) is -1.76. The molecular weight excluding hydrogens is 215 g/mol. The number of nitrogens with zero attached hydrogens (tertiary/aromatic N) is 1. The highest BCUT2D eigenvalue weighted by atomic mass is 19.3. The van der Waals surface area contributed by atoms with Crippen molar-refractivity contribution in [1.82, 2.24) is 4.98 Å². The van der Waals surface area contributed by atoms with Crippen molar-refractivity contribution >= 4 is 5.97 Å². The first-order valence-corrected chi connectivity index (χ1v) is 3.79. The SMILES string of the molecule is O=C(O)Cc1ncc(O)c(F)c1C(F)F. The van der Waals surface area contributed by atoms with Crippen molar-refractivity contribution in [3.8, 4) is 5.75 Å². The number of halogens is 3. The molecule has 4 nitrogen and oxygen atoms in total. The van der Waals surface area contributed by atoms with Gasteiger partial charge in [-0.3, -0.25) is 9.78 Å². The number of aromatic hydroxyl groups is 1. The van der Waals surface area contributed by atoms with Gasteiger partial charge in [-0.05, 0) is 0 Å². The third kappa shape index (κ3) is 2.36. The van der Waals surface area contributed by atoms with Gasteiger partial charge >= 0.3 is 5.97 Å². The first-order valence-electron chi connectivity index (χ1n) is 3.79. The maximum Gasteiger partial charge on any atom is 0.309 e. The predicted molar refractivity (Wildman–Crippen MR) is 42.2 cm³/mol. The van der Waals surface area contributed by atoms with Gasteiger partial charge in [0.1, 0.15) is 0 Å². The molecule has 0 saturated carbocycles. The van der Waals surface area contributed by atoms with Crippen LogP contribution in [0.5, 0.6) is 5.75 Å². The van der Waals surface area contributed by atoms with E-state index in [9.17, 15) is 18.0 Å². The Bertz CT molecular complexity index is 395. The van der Waals surface area contributed by atoms with Crippen LogP contribution >= 0.6 is 0 Å². The molecule has 1 aromatic rings. The van der Waals surface area contributed by atoms with Crippen molar-refractivity contribution in [2.75, 3.05) is 0 Å². The fraction of sp³-hybridized carbons (Fsp3) is 0.250. The minimum atomic E-state index is -3.22. The number of rotatable bonds is 3. The Balaban J connectivity index is 3.26. The number of carboxylic acid groups (broad SMARTS) is 1. The standard InChI is InChI=1S/C8H6F3NO3/c9-7-4(13)2-12-3(1-5(14)15)6(7)8(10)11/h2,8,13H,1H2,(H,14,15). The second-order valence-electron chi connectivity index (χ2n) is 2.69. The van der Waals surface area contributed by atoms with Gasteiger partial charge in [-0.25, -0.2) is 13.2 Å². The molecule has 0 fully saturated rings. The van der Waals surface area contributed by atoms with E-state index < -0.39 is 41.6 Å². The Morgan fingerprint density at radius 2 is 2.13 bits per heavy atom. The summed E-state index contributed by atoms with van der Waals surface area (Å²) in [4.78, 5) is 13.5. The molecule has 0 radical (unpaired) electrons. The maximum atomic E-state index is 13.0. The summed E-state index contributed by atoms with van der Waals surface area (Å²) in [6.45, 7) is 0. The van der Waals surface area contributed by atoms with Crippen LogP contribution in [-0.2, 0) is 11.2 Å². The molecule has 7 heteroatoms. The molecule has 0 aliphatic heterocycles. The summed E-state index contributed by atoms with van der Waals surface area (Å²) >= 11 is 0. The lowest BCUT2D eigenvalue weighted by molar-refractivity contribution is -0.136. The van der Waals surface area contributed by atoms with Crippen molar-refractivity contribution in [2.24, 2.45) is 0 Å². The van der Waals surface area contributed by atoms with E-state index in [0.717, 1.165) is 0 Å². The number of hydrogen-bond donors (Lipinski definition) is 2. The van der Waals surface area contributed by atoms with Crippen molar-refractivity contribution in [3.63, 3.8) is 0 Å². The second kappa shape index (κ2) is 4.16. The molecule has 0 saturated heterocycles. The van der Waals surface area contributed by atoms with E-state index in [1.54, 1.807) is 0 Å². The molecule has 82 valence electrons. The molecule has 1 aromatic heterocycles. The summed E-state index contributed by atoms with van der Waals surface area (Å²) in [5, 5.41) is 17.2. The monoisotopic (exact) mass is 221 g/mol. The van der Waals surface area contributed by atoms with Crippen molar-refractivity contribution in [1.29, 1.82) is 0 Å². The Hall–Kier alpha value is -1.79. The summed E-state index contributed by atoms with van der Waals surface area (Å²) in [7, 11) is 0. The fourth-order valence-corrected chi connectivity index (χ4v) is 1.04. The number of pyridine rings is 1. The lowest BCUT2D eigenvalue weighted by Crippen LogP contribution is -2.08. The van der Waals surface area contributed by atoms with Gasteiger partial charge in [0.15, 0.2) is 11.6 Å². The zero-order valence-electron chi connectivity index (χ0n) is 7.25. The molecule has 0 unspecified atom stereocenters. The Morgan fingerprint density at radius 1 is 1.53 bits per heavy atom. The third-order valence-corrected chi connectivity index (χ3v) is 1.65. The topological polar surface area (TPSA) is 70.4 Å². The van der Waals surface area contributed by atoms with Gasteiger partial charge in [0, 0.05) is 0 Å². The molecule has 0 bridgehead atoms. The molecule has 0 aromatic carbocycles. The van der Waals surface area contributed by atoms with E-state index in [1.165, 1.54) is 0 Å². The first kappa shape index (κ1) is 11.3. The molecule has 0 aliphatic carbocycles. The van der Waals surface area contributed by atoms with Crippen LogP contribution in [0.2, 0.25) is 0 Å². The Morgan fingerprint density at radius 3 is 2.60 bits per heavy atom. The van der Waals surface area contributed by atoms with Gasteiger partial charge in [-0.15, -0.1) is 0 Å². The average Bonchev–Trinajstić information content (AvgIpc) is 2.10. The zero-order chi connectivity index (χ0) is 11.6. The van der Waals surface area contributed by atoms with Gasteiger partial charge < -0.3 is 10.2 Å². The van der Waals surface area contributed by atoms with Crippen LogP contribution < -0.4 is 0 Å². The van der Waals surface area contributed by atoms with E-state index in [4.69, 9.17) is 10.2 Å². The molecule has 1 rings (SSSR count). The highest BCUT2D eigenvalue weighted by Gasteiger charge is 2.23. The number of carboxylic acids is 1. The molecule has 15 heavy (non-hydrogen) atoms. The second-order valence-corrected chi connectivity index (χ2v) is 2.69. The van der Waals surface area contributed by atoms with Crippen LogP contribution in [0.4, 0.5) is 13.2 Å². The smallest absolute Gasteiger partial charge is 0.309 e. The summed E-state index contributed by atoms with van der Waals surface area (Å²) < 4.78 is 37.7. The van der Waals surface area contributed by atoms with E-state index in [-0.39, 0.29) is 0 Å². The quantitative estimate of drug-likeness (QED) is 0.811. The lowest BCUT2D eigenvalue weighted by Gasteiger charge is -2.07. The Kier molecular flexibility index (Phi) is 3.13. The van der Waals surface area contributed by atoms with Crippen LogP contribution in [0.3, 0.4) is 0 Å². The molecular formula is C8H6F3NO3. The lowest BCUT2D eigenvalue weighted by atomic mass is 10.1. The summed E-state index contributed by atoms with van der Waals surface area (Å²) in [6, 6.07) is 0. The van der Waals surface area contributed by atoms with Crippen LogP contribution in [0, 0.1) is 5.82 Å². The molecule has 0 amide bonds. The first-order chi connectivity index (χ1) is 6.93. The Labute approximate surface area is 82.0 Å². The summed E-state index contributed by atoms with van der Waals surface area (Å²) in [6.07, 6.45) is -3.45. The van der Waals surface area contributed by atoms with Crippen LogP contribution in [0.25, 0.3) is 0 Å². The van der Waals surface area contributed by atoms with Crippen molar-refractivity contribution < 1.29 is 28.2 Å². The average molecular weight is 221 g/mol. The van der Waals surface area contributed by atoms with Gasteiger partial charge in [0.05, 0.1) is 23.9 Å². The number of alkyl halides is 2. The van der Waals surface area contributed by atoms with Gasteiger partial charge in [0.25, 0.3) is 6.43 Å². The predicted octanol–water partition coefficient (Wildman–Crippen LogP) is 1.49. The molecule has 0 spiro atoms. The van der Waals surface area contributed by atoms with E-state index in [0.29, 0.717) is 6.20 Å². The molecule has 0 aliphatic rings. The van der Waals surface area contributed by atoms with Crippen molar-refractivity contribution in [2.45, 2.75) is 12.8 Å². The molecule has 1 heterocycles. The van der Waals surface area contributed by atoms with Gasteiger partial charge in [-0.2, -0.15) is 0 Å². The van der Waals surface area contributed by atoms with E-state index in [2.05, 4.69) is 4.98 Å². The summed E-state index contributed by atoms with van der Waals surface area (Å²) in [5.74, 6) is -3.97. The van der Waals surface area contributed by atoms with E-state index in [1.807, 2.05) is 0 Å². The highest BCUT2D eigenvalue weighted by Crippen LogP contribution is 2.29. The number of hydrogen-bond acceptors (Lipinski definition) is 3. The molecule has 0 atom stereocenters. The van der Waals surface area contributed by atoms with Gasteiger partial charge in [-0.1, -0.05) is 0 Å². The van der Waals surface area contributed by atoms with Crippen LogP contribution in [-0.4, -0.2) is 21.2 Å². The fourth-order valence-electron chi connectivity index (χ4n) is 1.04. The van der Waals surface area contributed by atoms with Crippen LogP contribution in [0.1, 0.15) is 17.7 Å². The minimum absolute atomic E-state index is 0.590. The normalized spacial score (nSPS) is 10.7. The number of aliphatic carboxylic acids is 1. The maximum absolute atomic E-state index is 13.0. The number of carbonyl (C=O) groups is 1. The highest BCUT2D eigenvalue weighted by molar-refractivity contribution is 5.70. The molecule has 2 N–H and O–H groups in total. The zero-order valence-corrected chi connectivity index (χ0v) is 7.25. The minimum Gasteiger partial charge on any atom is -0.504 e. The van der Waals surface area contributed by atoms with Crippen LogP contribution in [0.15, 0.2) is 6.20 Å². The third-order valence-electron chi connectivity index (χ3n) is 1.65. The van der Waals surface area contributed by atoms with Crippen molar-refractivity contribution in [3.05, 3.63) is 23.3 Å².